The van der Waals surface area contributed by atoms with E-state index in [9.17, 15) is 0 Å². The first kappa shape index (κ1) is 13.4. The van der Waals surface area contributed by atoms with E-state index in [0.717, 1.165) is 0 Å². The van der Waals surface area contributed by atoms with E-state index in [1.807, 2.05) is 11.3 Å². The summed E-state index contributed by atoms with van der Waals surface area (Å²) in [6, 6.07) is 24.1. The molecule has 0 amide bonds. The summed E-state index contributed by atoms with van der Waals surface area (Å²) in [5.41, 5.74) is 3.83. The van der Waals surface area contributed by atoms with Gasteiger partial charge in [0.05, 0.1) is 0 Å². The monoisotopic (exact) mass is 303 g/mol. The molecule has 0 saturated carbocycles. The maximum atomic E-state index is 2.23. The van der Waals surface area contributed by atoms with Crippen molar-refractivity contribution in [2.45, 2.75) is 0 Å². The molecule has 1 nitrogen and oxygen atoms in total. The molecular formula is C20H17NS. The first-order valence-corrected chi connectivity index (χ1v) is 8.24. The van der Waals surface area contributed by atoms with Crippen LogP contribution in [0.5, 0.6) is 0 Å². The summed E-state index contributed by atoms with van der Waals surface area (Å²) in [6.07, 6.45) is 0. The summed E-state index contributed by atoms with van der Waals surface area (Å²) >= 11 is 1.88. The SMILES string of the molecule is CN(C)c1ccc(-c2cccc3c2sc2ccccc23)cc1. The second-order valence-corrected chi connectivity index (χ2v) is 6.77. The van der Waals surface area contributed by atoms with Crippen molar-refractivity contribution in [3.63, 3.8) is 0 Å². The molecule has 0 N–H and O–H groups in total. The van der Waals surface area contributed by atoms with Crippen LogP contribution in [0, 0.1) is 0 Å². The van der Waals surface area contributed by atoms with Gasteiger partial charge in [0.15, 0.2) is 0 Å². The molecule has 0 aliphatic rings. The number of benzene rings is 3. The molecule has 3 aromatic carbocycles. The molecule has 4 aromatic rings. The number of anilines is 1. The maximum absolute atomic E-state index is 2.23. The van der Waals surface area contributed by atoms with Crippen LogP contribution < -0.4 is 4.90 Å². The molecule has 0 fully saturated rings. The fourth-order valence-corrected chi connectivity index (χ4v) is 4.15. The van der Waals surface area contributed by atoms with Gasteiger partial charge in [-0.25, -0.2) is 0 Å². The van der Waals surface area contributed by atoms with Gasteiger partial charge in [0, 0.05) is 40.0 Å². The Kier molecular flexibility index (Phi) is 3.12. The molecule has 0 aliphatic carbocycles. The molecule has 0 unspecified atom stereocenters. The molecule has 22 heavy (non-hydrogen) atoms. The van der Waals surface area contributed by atoms with Crippen molar-refractivity contribution in [3.8, 4) is 11.1 Å². The average molecular weight is 303 g/mol. The summed E-state index contributed by atoms with van der Waals surface area (Å²) in [4.78, 5) is 2.13. The number of nitrogens with zero attached hydrogens (tertiary/aromatic N) is 1. The van der Waals surface area contributed by atoms with E-state index in [1.54, 1.807) is 0 Å². The molecule has 2 heteroatoms. The van der Waals surface area contributed by atoms with Gasteiger partial charge in [0.1, 0.15) is 0 Å². The third-order valence-electron chi connectivity index (χ3n) is 4.10. The van der Waals surface area contributed by atoms with E-state index in [-0.39, 0.29) is 0 Å². The Balaban J connectivity index is 1.94. The normalized spacial score (nSPS) is 11.2. The van der Waals surface area contributed by atoms with Gasteiger partial charge in [-0.1, -0.05) is 48.5 Å². The van der Waals surface area contributed by atoms with Crippen LogP contribution in [0.15, 0.2) is 66.7 Å². The molecule has 1 heterocycles. The van der Waals surface area contributed by atoms with Gasteiger partial charge >= 0.3 is 0 Å². The Labute approximate surface area is 134 Å². The summed E-state index contributed by atoms with van der Waals surface area (Å²) in [5.74, 6) is 0. The van der Waals surface area contributed by atoms with Gasteiger partial charge in [-0.2, -0.15) is 0 Å². The lowest BCUT2D eigenvalue weighted by atomic mass is 10.0. The fraction of sp³-hybridized carbons (Fsp3) is 0.100. The van der Waals surface area contributed by atoms with Crippen molar-refractivity contribution >= 4 is 37.2 Å². The van der Waals surface area contributed by atoms with Crippen LogP contribution in [0.2, 0.25) is 0 Å². The van der Waals surface area contributed by atoms with Crippen LogP contribution in [-0.4, -0.2) is 14.1 Å². The molecule has 0 radical (unpaired) electrons. The van der Waals surface area contributed by atoms with Crippen LogP contribution in [0.4, 0.5) is 5.69 Å². The van der Waals surface area contributed by atoms with Crippen LogP contribution in [0.25, 0.3) is 31.3 Å². The second kappa shape index (κ2) is 5.15. The quantitative estimate of drug-likeness (QED) is 0.453. The van der Waals surface area contributed by atoms with E-state index in [2.05, 4.69) is 85.7 Å². The smallest absolute Gasteiger partial charge is 0.0433 e. The van der Waals surface area contributed by atoms with Crippen molar-refractivity contribution in [1.29, 1.82) is 0 Å². The van der Waals surface area contributed by atoms with Crippen molar-refractivity contribution in [1.82, 2.24) is 0 Å². The topological polar surface area (TPSA) is 3.24 Å². The number of thiophene rings is 1. The molecule has 1 aromatic heterocycles. The Hall–Kier alpha value is -2.32. The zero-order chi connectivity index (χ0) is 15.1. The van der Waals surface area contributed by atoms with E-state index >= 15 is 0 Å². The third kappa shape index (κ3) is 2.08. The van der Waals surface area contributed by atoms with Crippen LogP contribution in [-0.2, 0) is 0 Å². The van der Waals surface area contributed by atoms with Crippen molar-refractivity contribution in [2.24, 2.45) is 0 Å². The Morgan fingerprint density at radius 3 is 2.23 bits per heavy atom. The Morgan fingerprint density at radius 1 is 0.727 bits per heavy atom. The highest BCUT2D eigenvalue weighted by Gasteiger charge is 2.09. The first-order valence-electron chi connectivity index (χ1n) is 7.42. The highest BCUT2D eigenvalue weighted by molar-refractivity contribution is 7.26. The summed E-state index contributed by atoms with van der Waals surface area (Å²) in [6.45, 7) is 0. The number of rotatable bonds is 2. The average Bonchev–Trinajstić information content (AvgIpc) is 2.93. The maximum Gasteiger partial charge on any atom is 0.0433 e. The molecule has 0 spiro atoms. The van der Waals surface area contributed by atoms with Crippen LogP contribution in [0.3, 0.4) is 0 Å². The zero-order valence-electron chi connectivity index (χ0n) is 12.7. The molecule has 0 bridgehead atoms. The molecule has 0 atom stereocenters. The van der Waals surface area contributed by atoms with E-state index in [0.29, 0.717) is 0 Å². The molecule has 0 aliphatic heterocycles. The minimum atomic E-state index is 1.23. The zero-order valence-corrected chi connectivity index (χ0v) is 13.5. The van der Waals surface area contributed by atoms with E-state index in [4.69, 9.17) is 0 Å². The first-order chi connectivity index (χ1) is 10.7. The van der Waals surface area contributed by atoms with Gasteiger partial charge in [-0.15, -0.1) is 11.3 Å². The van der Waals surface area contributed by atoms with Crippen LogP contribution in [0.1, 0.15) is 0 Å². The van der Waals surface area contributed by atoms with Gasteiger partial charge in [0.25, 0.3) is 0 Å². The van der Waals surface area contributed by atoms with E-state index in [1.165, 1.54) is 37.0 Å². The lowest BCUT2D eigenvalue weighted by Crippen LogP contribution is -2.07. The minimum Gasteiger partial charge on any atom is -0.378 e. The third-order valence-corrected chi connectivity index (χ3v) is 5.32. The van der Waals surface area contributed by atoms with Gasteiger partial charge < -0.3 is 4.90 Å². The Bertz CT molecular complexity index is 948. The number of hydrogen-bond acceptors (Lipinski definition) is 2. The van der Waals surface area contributed by atoms with Crippen molar-refractivity contribution < 1.29 is 0 Å². The largest absolute Gasteiger partial charge is 0.378 e. The van der Waals surface area contributed by atoms with Crippen molar-refractivity contribution in [3.05, 3.63) is 66.7 Å². The lowest BCUT2D eigenvalue weighted by molar-refractivity contribution is 1.13. The second-order valence-electron chi connectivity index (χ2n) is 5.72. The highest BCUT2D eigenvalue weighted by Crippen LogP contribution is 2.39. The standard InChI is InChI=1S/C20H17NS/c1-21(2)15-12-10-14(11-13-15)16-7-5-8-18-17-6-3-4-9-19(17)22-20(16)18/h3-13H,1-2H3. The minimum absolute atomic E-state index is 1.23. The predicted molar refractivity (Wildman–Crippen MR) is 99.1 cm³/mol. The number of fused-ring (bicyclic) bond motifs is 3. The van der Waals surface area contributed by atoms with Gasteiger partial charge in [-0.3, -0.25) is 0 Å². The van der Waals surface area contributed by atoms with Crippen LogP contribution >= 0.6 is 11.3 Å². The molecular weight excluding hydrogens is 286 g/mol. The predicted octanol–water partition coefficient (Wildman–Crippen LogP) is 5.79. The summed E-state index contributed by atoms with van der Waals surface area (Å²) in [5, 5.41) is 2.71. The summed E-state index contributed by atoms with van der Waals surface area (Å²) < 4.78 is 2.73. The lowest BCUT2D eigenvalue weighted by Gasteiger charge is -2.13. The van der Waals surface area contributed by atoms with Crippen molar-refractivity contribution in [2.75, 3.05) is 19.0 Å². The van der Waals surface area contributed by atoms with E-state index < -0.39 is 0 Å². The fourth-order valence-electron chi connectivity index (χ4n) is 2.91. The Morgan fingerprint density at radius 2 is 1.45 bits per heavy atom. The van der Waals surface area contributed by atoms with Gasteiger partial charge in [-0.05, 0) is 29.3 Å². The molecule has 0 saturated heterocycles. The highest BCUT2D eigenvalue weighted by atomic mass is 32.1. The molecule has 108 valence electrons. The van der Waals surface area contributed by atoms with Gasteiger partial charge in [0.2, 0.25) is 0 Å². The molecule has 4 rings (SSSR count). The summed E-state index contributed by atoms with van der Waals surface area (Å²) in [7, 11) is 4.14. The number of hydrogen-bond donors (Lipinski definition) is 0.